The summed E-state index contributed by atoms with van der Waals surface area (Å²) in [5, 5.41) is 0. The predicted octanol–water partition coefficient (Wildman–Crippen LogP) is 4.41. The van der Waals surface area contributed by atoms with E-state index in [1.807, 2.05) is 0 Å². The zero-order valence-corrected chi connectivity index (χ0v) is 10.3. The lowest BCUT2D eigenvalue weighted by molar-refractivity contribution is 0.138. The third kappa shape index (κ3) is 8.55. The number of hydrogen-bond acceptors (Lipinski definition) is 1. The van der Waals surface area contributed by atoms with E-state index in [-0.39, 0.29) is 0 Å². The van der Waals surface area contributed by atoms with Crippen LogP contribution in [0.5, 0.6) is 0 Å². The van der Waals surface area contributed by atoms with E-state index in [2.05, 4.69) is 20.8 Å². The molecule has 1 unspecified atom stereocenters. The van der Waals surface area contributed by atoms with Crippen LogP contribution >= 0.6 is 0 Å². The Balaban J connectivity index is 3.28. The average molecular weight is 200 g/mol. The maximum atomic E-state index is 5.35. The molecule has 0 rings (SSSR count). The molecule has 0 aliphatic carbocycles. The molecule has 0 bridgehead atoms. The molecule has 1 atom stereocenters. The second kappa shape index (κ2) is 11.0. The van der Waals surface area contributed by atoms with E-state index in [0.717, 1.165) is 19.1 Å². The highest BCUT2D eigenvalue weighted by molar-refractivity contribution is 4.57. The van der Waals surface area contributed by atoms with Crippen LogP contribution in [0.4, 0.5) is 0 Å². The molecule has 0 heterocycles. The molecule has 0 aliphatic rings. The Labute approximate surface area is 90.2 Å². The fourth-order valence-electron chi connectivity index (χ4n) is 1.85. The van der Waals surface area contributed by atoms with Gasteiger partial charge in [-0.2, -0.15) is 0 Å². The topological polar surface area (TPSA) is 9.23 Å². The van der Waals surface area contributed by atoms with Gasteiger partial charge in [0.05, 0.1) is 0 Å². The summed E-state index contributed by atoms with van der Waals surface area (Å²) in [6, 6.07) is 0. The predicted molar refractivity (Wildman–Crippen MR) is 63.7 cm³/mol. The Hall–Kier alpha value is -0.0400. The molecule has 0 spiro atoms. The van der Waals surface area contributed by atoms with Gasteiger partial charge in [-0.05, 0) is 25.7 Å². The molecular weight excluding hydrogens is 172 g/mol. The van der Waals surface area contributed by atoms with Crippen molar-refractivity contribution in [1.82, 2.24) is 0 Å². The minimum atomic E-state index is 0.868. The molecular formula is C13H28O. The number of ether oxygens (including phenoxy) is 1. The van der Waals surface area contributed by atoms with Crippen molar-refractivity contribution in [3.05, 3.63) is 0 Å². The van der Waals surface area contributed by atoms with Crippen LogP contribution in [0.3, 0.4) is 0 Å². The van der Waals surface area contributed by atoms with Crippen molar-refractivity contribution in [2.75, 3.05) is 13.2 Å². The van der Waals surface area contributed by atoms with Gasteiger partial charge in [-0.25, -0.2) is 0 Å². The van der Waals surface area contributed by atoms with E-state index in [1.165, 1.54) is 44.9 Å². The van der Waals surface area contributed by atoms with Crippen molar-refractivity contribution < 1.29 is 4.74 Å². The average Bonchev–Trinajstić information content (AvgIpc) is 2.22. The summed E-state index contributed by atoms with van der Waals surface area (Å²) in [6.07, 6.45) is 9.55. The Morgan fingerprint density at radius 2 is 1.64 bits per heavy atom. The van der Waals surface area contributed by atoms with Crippen LogP contribution in [0.25, 0.3) is 0 Å². The van der Waals surface area contributed by atoms with Gasteiger partial charge in [0.25, 0.3) is 0 Å². The van der Waals surface area contributed by atoms with Gasteiger partial charge in [-0.1, -0.05) is 46.0 Å². The monoisotopic (exact) mass is 200 g/mol. The van der Waals surface area contributed by atoms with Crippen LogP contribution < -0.4 is 0 Å². The summed E-state index contributed by atoms with van der Waals surface area (Å²) in [4.78, 5) is 0. The lowest BCUT2D eigenvalue weighted by Gasteiger charge is -2.14. The molecule has 0 saturated heterocycles. The van der Waals surface area contributed by atoms with Crippen molar-refractivity contribution in [3.8, 4) is 0 Å². The van der Waals surface area contributed by atoms with Crippen LogP contribution in [0.2, 0.25) is 0 Å². The smallest absolute Gasteiger partial charge is 0.0465 e. The molecule has 0 radical (unpaired) electrons. The Morgan fingerprint density at radius 3 is 2.21 bits per heavy atom. The summed E-state index contributed by atoms with van der Waals surface area (Å²) in [6.45, 7) is 8.49. The number of hydrogen-bond donors (Lipinski definition) is 0. The minimum absolute atomic E-state index is 0.868. The van der Waals surface area contributed by atoms with E-state index in [0.29, 0.717) is 0 Å². The van der Waals surface area contributed by atoms with Gasteiger partial charge in [0, 0.05) is 13.2 Å². The van der Waals surface area contributed by atoms with Gasteiger partial charge in [-0.3, -0.25) is 0 Å². The highest BCUT2D eigenvalue weighted by Crippen LogP contribution is 2.18. The largest absolute Gasteiger partial charge is 0.382 e. The van der Waals surface area contributed by atoms with Crippen molar-refractivity contribution in [2.45, 2.75) is 65.7 Å². The molecule has 1 heteroatoms. The molecule has 1 nitrogen and oxygen atoms in total. The van der Waals surface area contributed by atoms with Gasteiger partial charge in [0.1, 0.15) is 0 Å². The quantitative estimate of drug-likeness (QED) is 0.475. The van der Waals surface area contributed by atoms with Gasteiger partial charge in [0.2, 0.25) is 0 Å². The van der Waals surface area contributed by atoms with Crippen molar-refractivity contribution >= 4 is 0 Å². The van der Waals surface area contributed by atoms with Crippen LogP contribution in [0.1, 0.15) is 65.7 Å². The summed E-state index contributed by atoms with van der Waals surface area (Å²) in [5.74, 6) is 0.946. The third-order valence-electron chi connectivity index (χ3n) is 2.90. The van der Waals surface area contributed by atoms with E-state index in [4.69, 9.17) is 4.74 Å². The highest BCUT2D eigenvalue weighted by Gasteiger charge is 2.05. The first-order chi connectivity index (χ1) is 6.85. The van der Waals surface area contributed by atoms with Crippen molar-refractivity contribution in [3.63, 3.8) is 0 Å². The maximum Gasteiger partial charge on any atom is 0.0465 e. The van der Waals surface area contributed by atoms with Crippen LogP contribution in [-0.4, -0.2) is 13.2 Å². The zero-order valence-electron chi connectivity index (χ0n) is 10.3. The molecule has 0 fully saturated rings. The van der Waals surface area contributed by atoms with E-state index in [9.17, 15) is 0 Å². The number of unbranched alkanes of at least 4 members (excludes halogenated alkanes) is 2. The fraction of sp³-hybridized carbons (Fsp3) is 1.00. The van der Waals surface area contributed by atoms with Crippen molar-refractivity contribution in [2.24, 2.45) is 5.92 Å². The van der Waals surface area contributed by atoms with Gasteiger partial charge >= 0.3 is 0 Å². The van der Waals surface area contributed by atoms with Crippen LogP contribution in [0, 0.1) is 5.92 Å². The fourth-order valence-corrected chi connectivity index (χ4v) is 1.85. The van der Waals surface area contributed by atoms with Crippen LogP contribution in [0.15, 0.2) is 0 Å². The van der Waals surface area contributed by atoms with Crippen LogP contribution in [-0.2, 0) is 4.74 Å². The molecule has 86 valence electrons. The number of rotatable bonds is 10. The Bertz CT molecular complexity index is 101. The molecule has 14 heavy (non-hydrogen) atoms. The molecule has 0 aromatic carbocycles. The zero-order chi connectivity index (χ0) is 10.6. The summed E-state index contributed by atoms with van der Waals surface area (Å²) >= 11 is 0. The molecule has 0 amide bonds. The Morgan fingerprint density at radius 1 is 0.929 bits per heavy atom. The normalized spacial score (nSPS) is 13.1. The second-order valence-corrected chi connectivity index (χ2v) is 4.11. The summed E-state index contributed by atoms with van der Waals surface area (Å²) in [7, 11) is 0. The first-order valence-corrected chi connectivity index (χ1v) is 6.42. The van der Waals surface area contributed by atoms with Gasteiger partial charge < -0.3 is 4.74 Å². The lowest BCUT2D eigenvalue weighted by atomic mass is 9.94. The third-order valence-corrected chi connectivity index (χ3v) is 2.90. The minimum Gasteiger partial charge on any atom is -0.382 e. The second-order valence-electron chi connectivity index (χ2n) is 4.11. The maximum absolute atomic E-state index is 5.35. The summed E-state index contributed by atoms with van der Waals surface area (Å²) in [5.41, 5.74) is 0. The SMILES string of the molecule is CCCCCC(CC)CCCOCC. The molecule has 0 aromatic heterocycles. The molecule has 0 N–H and O–H groups in total. The van der Waals surface area contributed by atoms with E-state index in [1.54, 1.807) is 0 Å². The van der Waals surface area contributed by atoms with Crippen molar-refractivity contribution in [1.29, 1.82) is 0 Å². The van der Waals surface area contributed by atoms with E-state index >= 15 is 0 Å². The first kappa shape index (κ1) is 14.0. The molecule has 0 saturated carbocycles. The molecule has 0 aromatic rings. The Kier molecular flexibility index (Phi) is 11.0. The van der Waals surface area contributed by atoms with Gasteiger partial charge in [0.15, 0.2) is 0 Å². The highest BCUT2D eigenvalue weighted by atomic mass is 16.5. The first-order valence-electron chi connectivity index (χ1n) is 6.42. The lowest BCUT2D eigenvalue weighted by Crippen LogP contribution is -2.02. The molecule has 0 aliphatic heterocycles. The van der Waals surface area contributed by atoms with Gasteiger partial charge in [-0.15, -0.1) is 0 Å². The summed E-state index contributed by atoms with van der Waals surface area (Å²) < 4.78 is 5.35. The standard InChI is InChI=1S/C13H28O/c1-4-7-8-10-13(5-2)11-9-12-14-6-3/h13H,4-12H2,1-3H3. The van der Waals surface area contributed by atoms with E-state index < -0.39 is 0 Å².